The van der Waals surface area contributed by atoms with Gasteiger partial charge in [0.15, 0.2) is 5.72 Å². The van der Waals surface area contributed by atoms with Crippen molar-refractivity contribution in [2.45, 2.75) is 124 Å². The van der Waals surface area contributed by atoms with E-state index in [-0.39, 0.29) is 59.2 Å². The minimum Gasteiger partial charge on any atom is -0.495 e. The summed E-state index contributed by atoms with van der Waals surface area (Å²) in [4.78, 5) is 91.3. The number of amides is 6. The fourth-order valence-corrected chi connectivity index (χ4v) is 11.4. The number of alkyl carbamates (subject to hydrolysis) is 1. The number of aliphatic hydroxyl groups is 1. The number of unbranched alkanes of at least 4 members (excludes halogenated alkanes) is 2. The van der Waals surface area contributed by atoms with Gasteiger partial charge in [-0.05, 0) is 93.6 Å². The number of epoxide rings is 1. The number of fused-ring (bicyclic) bond motifs is 5. The normalized spacial score (nSPS) is 24.2. The standard InChI is InChI=1S/C55H60ClF3N6O16S2/c1-30-11-10-12-42(78-6)54(73)28-35(79-52(72)61-54)26-44-53(3,81-44)43(27-48(69)64(4)38-22-32(21-30)23-39(77-5)50(38)56)80-49(70)29-82-40-17-14-33(24-37(40)55(57,58)59)31(2)62-63-51(71)36-16-15-34(25-41(36)83(74,75)76)60-45(66)13-8-7-9-20-65-46(67)18-19-47(65)68/h10-12,14-19,22-25,35,42-44,73H,7-9,13,20-21,26-29H2,1-6H3,(H,60,66)(H,61,72)(H,63,71)(H,74,75,76)/b12-10+,30-11+,62-31+/t35-,42-,43+,44+,53+,54+/m1/s1. The SMILES string of the molecule is COc1cc2cc(c1Cl)N(C)C(=O)C[C@H](OC(=O)CSc1ccc(/C(C)=N/NC(=O)c3ccc(NC(=O)CCCCCN4C(=O)C=CC4=O)cc3S(=O)(=O)O)cc1C(F)(F)F)[C@]1(C)O[C@H]1C[C@@H]1C[C@@](O)(NC(=O)O1)[C@H](OC)/C=C/C=C(\C)C2. The van der Waals surface area contributed by atoms with Crippen LogP contribution < -0.4 is 25.7 Å². The molecule has 0 aromatic heterocycles. The number of halogens is 4. The first kappa shape index (κ1) is 63.4. The first-order chi connectivity index (χ1) is 39.0. The number of carbonyl (C=O) groups is 7. The number of allylic oxidation sites excluding steroid dienone is 3. The summed E-state index contributed by atoms with van der Waals surface area (Å²) >= 11 is 7.23. The summed E-state index contributed by atoms with van der Waals surface area (Å²) in [6.45, 7) is 4.82. The Balaban J connectivity index is 1.04. The Bertz CT molecular complexity index is 3300. The molecule has 0 spiro atoms. The predicted molar refractivity (Wildman–Crippen MR) is 295 cm³/mol. The molecule has 5 N–H and O–H groups in total. The van der Waals surface area contributed by atoms with Crippen LogP contribution in [0, 0.1) is 0 Å². The van der Waals surface area contributed by atoms with Crippen LogP contribution in [0.3, 0.4) is 0 Å². The minimum absolute atomic E-state index is 0.0359. The van der Waals surface area contributed by atoms with Gasteiger partial charge in [-0.1, -0.05) is 47.9 Å². The van der Waals surface area contributed by atoms with Crippen molar-refractivity contribution >= 4 is 92.2 Å². The summed E-state index contributed by atoms with van der Waals surface area (Å²) < 4.78 is 108. The van der Waals surface area contributed by atoms with E-state index in [1.165, 1.54) is 45.2 Å². The molecule has 2 saturated heterocycles. The summed E-state index contributed by atoms with van der Waals surface area (Å²) in [5, 5.41) is 20.6. The third kappa shape index (κ3) is 15.7. The number of rotatable bonds is 17. The first-order valence-electron chi connectivity index (χ1n) is 25.8. The molecule has 6 atom stereocenters. The lowest BCUT2D eigenvalue weighted by Gasteiger charge is -2.40. The molecular weight excluding hydrogens is 1160 g/mol. The van der Waals surface area contributed by atoms with Gasteiger partial charge in [0.1, 0.15) is 39.6 Å². The molecule has 0 unspecified atom stereocenters. The van der Waals surface area contributed by atoms with Crippen LogP contribution in [0.4, 0.5) is 29.3 Å². The number of methoxy groups -OCH3 is 2. The first-order valence-corrected chi connectivity index (χ1v) is 28.6. The summed E-state index contributed by atoms with van der Waals surface area (Å²) in [5.41, 5.74) is -1.82. The molecule has 4 heterocycles. The monoisotopic (exact) mass is 1220 g/mol. The van der Waals surface area contributed by atoms with Gasteiger partial charge in [-0.2, -0.15) is 26.7 Å². The second-order valence-electron chi connectivity index (χ2n) is 20.1. The molecule has 0 saturated carbocycles. The average Bonchev–Trinajstić information content (AvgIpc) is 2.17. The van der Waals surface area contributed by atoms with E-state index in [0.29, 0.717) is 49.1 Å². The number of hydrogen-bond acceptors (Lipinski definition) is 17. The highest BCUT2D eigenvalue weighted by Gasteiger charge is 2.61. The molecule has 3 aromatic rings. The van der Waals surface area contributed by atoms with Gasteiger partial charge in [-0.25, -0.2) is 10.2 Å². The number of nitrogens with zero attached hydrogens (tertiary/aromatic N) is 3. The van der Waals surface area contributed by atoms with E-state index in [0.717, 1.165) is 40.8 Å². The summed E-state index contributed by atoms with van der Waals surface area (Å²) in [6, 6.07) is 9.36. The molecule has 28 heteroatoms. The smallest absolute Gasteiger partial charge is 0.417 e. The van der Waals surface area contributed by atoms with E-state index in [4.69, 9.17) is 35.3 Å². The second-order valence-corrected chi connectivity index (χ2v) is 22.9. The number of hydrogen-bond donors (Lipinski definition) is 5. The van der Waals surface area contributed by atoms with E-state index >= 15 is 0 Å². The van der Waals surface area contributed by atoms with Crippen molar-refractivity contribution in [2.75, 3.05) is 43.8 Å². The highest BCUT2D eigenvalue weighted by molar-refractivity contribution is 8.00. The van der Waals surface area contributed by atoms with E-state index < -0.39 is 127 Å². The summed E-state index contributed by atoms with van der Waals surface area (Å²) in [6.07, 6.45) is -2.06. The molecule has 4 bridgehead atoms. The van der Waals surface area contributed by atoms with Gasteiger partial charge in [0.05, 0.1) is 47.9 Å². The second kappa shape index (κ2) is 26.2. The number of carbonyl (C=O) groups excluding carboxylic acids is 7. The Morgan fingerprint density at radius 2 is 1.75 bits per heavy atom. The van der Waals surface area contributed by atoms with Crippen molar-refractivity contribution in [3.8, 4) is 5.75 Å². The lowest BCUT2D eigenvalue weighted by Crippen LogP contribution is -2.62. The highest BCUT2D eigenvalue weighted by Crippen LogP contribution is 2.47. The highest BCUT2D eigenvalue weighted by atomic mass is 35.5. The molecule has 22 nitrogen and oxygen atoms in total. The third-order valence-electron chi connectivity index (χ3n) is 14.1. The largest absolute Gasteiger partial charge is 0.495 e. The fourth-order valence-electron chi connectivity index (χ4n) is 9.55. The van der Waals surface area contributed by atoms with Crippen molar-refractivity contribution in [1.82, 2.24) is 15.6 Å². The number of anilines is 2. The Hall–Kier alpha value is -7.14. The number of imide groups is 1. The molecule has 446 valence electrons. The lowest BCUT2D eigenvalue weighted by atomic mass is 9.90. The van der Waals surface area contributed by atoms with Crippen molar-refractivity contribution in [2.24, 2.45) is 5.10 Å². The molecule has 4 aliphatic heterocycles. The molecule has 6 amide bonds. The summed E-state index contributed by atoms with van der Waals surface area (Å²) in [5.74, 6) is -4.71. The summed E-state index contributed by atoms with van der Waals surface area (Å²) in [7, 11) is -0.896. The molecule has 3 aromatic carbocycles. The number of thioether (sulfide) groups is 1. The van der Waals surface area contributed by atoms with Gasteiger partial charge < -0.3 is 39.0 Å². The maximum atomic E-state index is 14.8. The van der Waals surface area contributed by atoms with E-state index in [1.807, 2.05) is 6.92 Å². The van der Waals surface area contributed by atoms with Crippen LogP contribution in [0.2, 0.25) is 5.02 Å². The minimum atomic E-state index is -5.11. The average molecular weight is 1220 g/mol. The van der Waals surface area contributed by atoms with Crippen molar-refractivity contribution < 1.29 is 88.5 Å². The molecule has 83 heavy (non-hydrogen) atoms. The number of esters is 1. The maximum Gasteiger partial charge on any atom is 0.417 e. The Labute approximate surface area is 484 Å². The molecule has 0 aliphatic carbocycles. The fraction of sp³-hybridized carbons (Fsp3) is 0.418. The van der Waals surface area contributed by atoms with Gasteiger partial charge in [-0.15, -0.1) is 11.8 Å². The van der Waals surface area contributed by atoms with Crippen molar-refractivity contribution in [1.29, 1.82) is 0 Å². The van der Waals surface area contributed by atoms with E-state index in [9.17, 15) is 64.8 Å². The number of alkyl halides is 3. The van der Waals surface area contributed by atoms with Gasteiger partial charge >= 0.3 is 18.2 Å². The molecule has 4 aliphatic rings. The van der Waals surface area contributed by atoms with Crippen LogP contribution >= 0.6 is 23.4 Å². The van der Waals surface area contributed by atoms with Gasteiger partial charge in [-0.3, -0.25) is 43.5 Å². The van der Waals surface area contributed by atoms with Gasteiger partial charge in [0, 0.05) is 62.7 Å². The molecule has 7 rings (SSSR count). The van der Waals surface area contributed by atoms with Crippen molar-refractivity contribution in [3.63, 3.8) is 0 Å². The lowest BCUT2D eigenvalue weighted by molar-refractivity contribution is -0.151. The number of ether oxygens (including phenoxy) is 5. The zero-order chi connectivity index (χ0) is 60.8. The van der Waals surface area contributed by atoms with E-state index in [2.05, 4.69) is 21.2 Å². The van der Waals surface area contributed by atoms with Crippen LogP contribution in [0.15, 0.2) is 99.4 Å². The van der Waals surface area contributed by atoms with Gasteiger partial charge in [0.25, 0.3) is 27.8 Å². The van der Waals surface area contributed by atoms with Crippen LogP contribution in [-0.4, -0.2) is 140 Å². The Kier molecular flexibility index (Phi) is 20.0. The van der Waals surface area contributed by atoms with Crippen LogP contribution in [-0.2, 0) is 65.6 Å². The zero-order valence-electron chi connectivity index (χ0n) is 45.7. The third-order valence-corrected chi connectivity index (χ3v) is 16.4. The van der Waals surface area contributed by atoms with Crippen LogP contribution in [0.5, 0.6) is 5.75 Å². The topological polar surface area (TPSA) is 298 Å². The predicted octanol–water partition coefficient (Wildman–Crippen LogP) is 7.06. The Morgan fingerprint density at radius 3 is 2.42 bits per heavy atom. The molecule has 0 radical (unpaired) electrons. The molecule has 2 fully saturated rings. The van der Waals surface area contributed by atoms with E-state index in [1.54, 1.807) is 37.3 Å². The number of nitrogens with one attached hydrogen (secondary N) is 3. The van der Waals surface area contributed by atoms with Gasteiger partial charge in [0.2, 0.25) is 11.8 Å². The quantitative estimate of drug-likeness (QED) is 0.0132. The zero-order valence-corrected chi connectivity index (χ0v) is 48.1. The maximum absolute atomic E-state index is 14.8. The molecular formula is C55H60ClF3N6O16S2. The van der Waals surface area contributed by atoms with Crippen molar-refractivity contribution in [3.05, 3.63) is 112 Å². The Morgan fingerprint density at radius 1 is 1.02 bits per heavy atom. The number of hydrazone groups is 1. The van der Waals surface area contributed by atoms with Crippen LogP contribution in [0.1, 0.15) is 92.8 Å². The van der Waals surface area contributed by atoms with Crippen LogP contribution in [0.25, 0.3) is 0 Å². The number of benzene rings is 3.